The van der Waals surface area contributed by atoms with Crippen LogP contribution in [0.25, 0.3) is 0 Å². The molecule has 0 saturated carbocycles. The lowest BCUT2D eigenvalue weighted by atomic mass is 9.94. The van der Waals surface area contributed by atoms with Gasteiger partial charge >= 0.3 is 0 Å². The Morgan fingerprint density at radius 2 is 1.88 bits per heavy atom. The number of fused-ring (bicyclic) bond motifs is 3. The van der Waals surface area contributed by atoms with Crippen LogP contribution in [0.3, 0.4) is 0 Å². The van der Waals surface area contributed by atoms with Crippen LogP contribution in [0.1, 0.15) is 33.4 Å². The molecule has 4 rings (SSSR count). The van der Waals surface area contributed by atoms with Crippen LogP contribution in [0.5, 0.6) is 0 Å². The van der Waals surface area contributed by atoms with Gasteiger partial charge in [0.2, 0.25) is 0 Å². The minimum Gasteiger partial charge on any atom is -0.378 e. The van der Waals surface area contributed by atoms with E-state index in [0.717, 1.165) is 18.8 Å². The lowest BCUT2D eigenvalue weighted by Crippen LogP contribution is -2.33. The first-order valence-corrected chi connectivity index (χ1v) is 8.53. The summed E-state index contributed by atoms with van der Waals surface area (Å²) in [5, 5.41) is 6.77. The van der Waals surface area contributed by atoms with E-state index in [1.54, 1.807) is 0 Å². The van der Waals surface area contributed by atoms with E-state index < -0.39 is 0 Å². The van der Waals surface area contributed by atoms with Crippen molar-refractivity contribution in [3.63, 3.8) is 0 Å². The predicted molar refractivity (Wildman–Crippen MR) is 96.5 cm³/mol. The SMILES string of the molecule is CN(C)c1cccc(C(=O)N[C@@H]2c3ccccc3[C@@H]3CNC[C@H]23)c1. The van der Waals surface area contributed by atoms with Crippen molar-refractivity contribution >= 4 is 11.6 Å². The molecule has 0 unspecified atom stereocenters. The van der Waals surface area contributed by atoms with Crippen LogP contribution < -0.4 is 15.5 Å². The Hall–Kier alpha value is -2.33. The topological polar surface area (TPSA) is 44.4 Å². The minimum absolute atomic E-state index is 0.00560. The van der Waals surface area contributed by atoms with Crippen molar-refractivity contribution in [3.8, 4) is 0 Å². The normalized spacial score (nSPS) is 24.3. The molecule has 0 bridgehead atoms. The molecule has 1 aliphatic heterocycles. The summed E-state index contributed by atoms with van der Waals surface area (Å²) in [6, 6.07) is 16.4. The Kier molecular flexibility index (Phi) is 3.77. The fourth-order valence-corrected chi connectivity index (χ4v) is 4.09. The quantitative estimate of drug-likeness (QED) is 0.913. The molecule has 1 fully saturated rings. The van der Waals surface area contributed by atoms with Gasteiger partial charge in [-0.3, -0.25) is 4.79 Å². The molecule has 4 heteroatoms. The van der Waals surface area contributed by atoms with Crippen LogP contribution in [0, 0.1) is 5.92 Å². The predicted octanol–water partition coefficient (Wildman–Crippen LogP) is 2.54. The highest BCUT2D eigenvalue weighted by Crippen LogP contribution is 2.46. The second-order valence-corrected chi connectivity index (χ2v) is 6.95. The number of nitrogens with zero attached hydrogens (tertiary/aromatic N) is 1. The number of hydrogen-bond acceptors (Lipinski definition) is 3. The monoisotopic (exact) mass is 321 g/mol. The second-order valence-electron chi connectivity index (χ2n) is 6.95. The molecule has 4 nitrogen and oxygen atoms in total. The van der Waals surface area contributed by atoms with Crippen LogP contribution in [-0.4, -0.2) is 33.1 Å². The van der Waals surface area contributed by atoms with E-state index in [1.807, 2.05) is 43.3 Å². The van der Waals surface area contributed by atoms with Crippen molar-refractivity contribution in [1.29, 1.82) is 0 Å². The molecule has 0 radical (unpaired) electrons. The number of carbonyl (C=O) groups is 1. The molecule has 3 atom stereocenters. The Bertz CT molecular complexity index is 771. The second kappa shape index (κ2) is 5.95. The first-order chi connectivity index (χ1) is 11.6. The van der Waals surface area contributed by atoms with Gasteiger partial charge in [-0.05, 0) is 29.3 Å². The maximum Gasteiger partial charge on any atom is 0.251 e. The Labute approximate surface area is 142 Å². The average Bonchev–Trinajstić information content (AvgIpc) is 3.18. The minimum atomic E-state index is 0.00560. The van der Waals surface area contributed by atoms with Gasteiger partial charge < -0.3 is 15.5 Å². The van der Waals surface area contributed by atoms with Gasteiger partial charge in [0.25, 0.3) is 5.91 Å². The summed E-state index contributed by atoms with van der Waals surface area (Å²) in [4.78, 5) is 14.8. The molecule has 24 heavy (non-hydrogen) atoms. The van der Waals surface area contributed by atoms with Crippen LogP contribution in [0.15, 0.2) is 48.5 Å². The first-order valence-electron chi connectivity index (χ1n) is 8.53. The summed E-state index contributed by atoms with van der Waals surface area (Å²) in [5.41, 5.74) is 4.42. The van der Waals surface area contributed by atoms with Crippen molar-refractivity contribution < 1.29 is 4.79 Å². The van der Waals surface area contributed by atoms with E-state index in [2.05, 4.69) is 34.9 Å². The molecule has 1 heterocycles. The smallest absolute Gasteiger partial charge is 0.251 e. The molecule has 1 saturated heterocycles. The fourth-order valence-electron chi connectivity index (χ4n) is 4.09. The van der Waals surface area contributed by atoms with E-state index in [-0.39, 0.29) is 11.9 Å². The van der Waals surface area contributed by atoms with Crippen LogP contribution in [0.2, 0.25) is 0 Å². The number of amides is 1. The number of rotatable bonds is 3. The molecule has 2 aromatic rings. The summed E-state index contributed by atoms with van der Waals surface area (Å²) in [6.07, 6.45) is 0. The Morgan fingerprint density at radius 3 is 2.67 bits per heavy atom. The number of hydrogen-bond donors (Lipinski definition) is 2. The highest BCUT2D eigenvalue weighted by molar-refractivity contribution is 5.95. The molecular formula is C20H23N3O. The van der Waals surface area contributed by atoms with Gasteiger partial charge in [-0.15, -0.1) is 0 Å². The third kappa shape index (κ3) is 2.47. The van der Waals surface area contributed by atoms with E-state index in [0.29, 0.717) is 17.4 Å². The third-order valence-corrected chi connectivity index (χ3v) is 5.33. The zero-order valence-electron chi connectivity index (χ0n) is 14.1. The summed E-state index contributed by atoms with van der Waals surface area (Å²) >= 11 is 0. The molecule has 2 aliphatic rings. The zero-order valence-corrected chi connectivity index (χ0v) is 14.1. The third-order valence-electron chi connectivity index (χ3n) is 5.33. The number of anilines is 1. The Balaban J connectivity index is 1.61. The van der Waals surface area contributed by atoms with Gasteiger partial charge in [0.15, 0.2) is 0 Å². The van der Waals surface area contributed by atoms with E-state index in [9.17, 15) is 4.79 Å². The molecule has 0 spiro atoms. The average molecular weight is 321 g/mol. The standard InChI is InChI=1S/C20H23N3O/c1-23(2)14-7-5-6-13(10-14)20(24)22-19-16-9-4-3-8-15(16)17-11-21-12-18(17)19/h3-10,17-19,21H,11-12H2,1-2H3,(H,22,24)/t17-,18-,19+/m0/s1. The molecule has 2 aromatic carbocycles. The van der Waals surface area contributed by atoms with E-state index in [4.69, 9.17) is 0 Å². The van der Waals surface area contributed by atoms with E-state index in [1.165, 1.54) is 11.1 Å². The number of benzene rings is 2. The van der Waals surface area contributed by atoms with Crippen molar-refractivity contribution in [2.75, 3.05) is 32.1 Å². The largest absolute Gasteiger partial charge is 0.378 e. The van der Waals surface area contributed by atoms with Gasteiger partial charge in [-0.25, -0.2) is 0 Å². The number of nitrogens with one attached hydrogen (secondary N) is 2. The van der Waals surface area contributed by atoms with Gasteiger partial charge in [-0.1, -0.05) is 30.3 Å². The summed E-state index contributed by atoms with van der Waals surface area (Å²) in [6.45, 7) is 1.96. The fraction of sp³-hybridized carbons (Fsp3) is 0.350. The zero-order chi connectivity index (χ0) is 16.7. The van der Waals surface area contributed by atoms with Crippen LogP contribution in [-0.2, 0) is 0 Å². The molecule has 124 valence electrons. The van der Waals surface area contributed by atoms with Crippen molar-refractivity contribution in [2.24, 2.45) is 5.92 Å². The van der Waals surface area contributed by atoms with Crippen molar-refractivity contribution in [3.05, 3.63) is 65.2 Å². The van der Waals surface area contributed by atoms with Gasteiger partial charge in [-0.2, -0.15) is 0 Å². The van der Waals surface area contributed by atoms with Crippen molar-refractivity contribution in [1.82, 2.24) is 10.6 Å². The lowest BCUT2D eigenvalue weighted by Gasteiger charge is -2.21. The van der Waals surface area contributed by atoms with Crippen LogP contribution in [0.4, 0.5) is 5.69 Å². The van der Waals surface area contributed by atoms with Crippen molar-refractivity contribution in [2.45, 2.75) is 12.0 Å². The summed E-state index contributed by atoms with van der Waals surface area (Å²) in [5.74, 6) is 0.967. The summed E-state index contributed by atoms with van der Waals surface area (Å²) in [7, 11) is 3.97. The van der Waals surface area contributed by atoms with Crippen LogP contribution >= 0.6 is 0 Å². The van der Waals surface area contributed by atoms with Gasteiger partial charge in [0.05, 0.1) is 6.04 Å². The molecule has 1 amide bonds. The maximum absolute atomic E-state index is 12.8. The number of carbonyl (C=O) groups excluding carboxylic acids is 1. The highest BCUT2D eigenvalue weighted by atomic mass is 16.1. The Morgan fingerprint density at radius 1 is 1.08 bits per heavy atom. The maximum atomic E-state index is 12.8. The van der Waals surface area contributed by atoms with Gasteiger partial charge in [0, 0.05) is 50.3 Å². The first kappa shape index (κ1) is 15.2. The summed E-state index contributed by atoms with van der Waals surface area (Å²) < 4.78 is 0. The van der Waals surface area contributed by atoms with E-state index >= 15 is 0 Å². The lowest BCUT2D eigenvalue weighted by molar-refractivity contribution is 0.0926. The molecule has 2 N–H and O–H groups in total. The molecule has 0 aromatic heterocycles. The van der Waals surface area contributed by atoms with Gasteiger partial charge in [0.1, 0.15) is 0 Å². The highest BCUT2D eigenvalue weighted by Gasteiger charge is 2.43. The molecule has 1 aliphatic carbocycles. The molecular weight excluding hydrogens is 298 g/mol.